The molecule has 2 N–H and O–H groups in total. The summed E-state index contributed by atoms with van der Waals surface area (Å²) in [6, 6.07) is 11.2. The number of aromatic nitrogens is 1. The molecule has 1 aromatic carbocycles. The minimum Gasteiger partial charge on any atom is -0.497 e. The number of nitrogens with zero attached hydrogens (tertiary/aromatic N) is 4. The van der Waals surface area contributed by atoms with Crippen molar-refractivity contribution in [3.63, 3.8) is 0 Å². The molecule has 1 fully saturated rings. The van der Waals surface area contributed by atoms with Crippen LogP contribution < -0.4 is 19.7 Å². The number of benzene rings is 1. The lowest BCUT2D eigenvalue weighted by atomic mass is 10.2. The zero-order valence-electron chi connectivity index (χ0n) is 18.4. The van der Waals surface area contributed by atoms with Gasteiger partial charge in [-0.2, -0.15) is 0 Å². The van der Waals surface area contributed by atoms with Crippen LogP contribution in [0.2, 0.25) is 0 Å². The van der Waals surface area contributed by atoms with Crippen LogP contribution in [0.3, 0.4) is 0 Å². The molecule has 11 heteroatoms. The molecule has 1 aliphatic rings. The van der Waals surface area contributed by atoms with E-state index in [9.17, 15) is 8.42 Å². The van der Waals surface area contributed by atoms with E-state index in [-0.39, 0.29) is 35.4 Å². The number of rotatable bonds is 8. The molecule has 1 saturated heterocycles. The summed E-state index contributed by atoms with van der Waals surface area (Å²) in [7, 11) is -1.90. The van der Waals surface area contributed by atoms with Crippen LogP contribution in [0.5, 0.6) is 5.75 Å². The van der Waals surface area contributed by atoms with E-state index in [1.54, 1.807) is 19.4 Å². The molecule has 2 aromatic rings. The molecular formula is C21H31IN6O3S. The Hall–Kier alpha value is -2.12. The topological polar surface area (TPSA) is 99.2 Å². The third-order valence-electron chi connectivity index (χ3n) is 4.94. The number of guanidine groups is 1. The van der Waals surface area contributed by atoms with Gasteiger partial charge in [0.1, 0.15) is 10.6 Å². The lowest BCUT2D eigenvalue weighted by Crippen LogP contribution is -2.52. The molecule has 1 aliphatic heterocycles. The van der Waals surface area contributed by atoms with Gasteiger partial charge in [-0.1, -0.05) is 6.07 Å². The molecule has 176 valence electrons. The smallest absolute Gasteiger partial charge is 0.242 e. The number of anilines is 1. The lowest BCUT2D eigenvalue weighted by molar-refractivity contribution is 0.372. The highest BCUT2D eigenvalue weighted by Crippen LogP contribution is 2.22. The van der Waals surface area contributed by atoms with Crippen molar-refractivity contribution in [1.82, 2.24) is 19.9 Å². The number of hydrogen-bond donors (Lipinski definition) is 2. The fraction of sp³-hybridized carbons (Fsp3) is 0.429. The molecule has 3 rings (SSSR count). The Morgan fingerprint density at radius 3 is 2.62 bits per heavy atom. The number of hydrogen-bond acceptors (Lipinski definition) is 6. The Kier molecular flexibility index (Phi) is 10.5. The Bertz CT molecular complexity index is 967. The molecule has 0 unspecified atom stereocenters. The highest BCUT2D eigenvalue weighted by Gasteiger charge is 2.20. The van der Waals surface area contributed by atoms with Crippen molar-refractivity contribution in [2.24, 2.45) is 4.99 Å². The van der Waals surface area contributed by atoms with Gasteiger partial charge in [0.05, 0.1) is 13.7 Å². The first-order chi connectivity index (χ1) is 15.0. The number of pyridine rings is 1. The average Bonchev–Trinajstić information content (AvgIpc) is 2.82. The van der Waals surface area contributed by atoms with Gasteiger partial charge in [-0.25, -0.2) is 13.1 Å². The van der Waals surface area contributed by atoms with E-state index >= 15 is 0 Å². The number of ether oxygens (including phenoxy) is 1. The number of halogens is 1. The van der Waals surface area contributed by atoms with E-state index in [1.807, 2.05) is 25.1 Å². The first-order valence-corrected chi connectivity index (χ1v) is 11.8. The number of methoxy groups -OCH3 is 1. The van der Waals surface area contributed by atoms with E-state index in [4.69, 9.17) is 4.74 Å². The molecule has 0 saturated carbocycles. The predicted octanol–water partition coefficient (Wildman–Crippen LogP) is 1.77. The van der Waals surface area contributed by atoms with Crippen molar-refractivity contribution in [2.45, 2.75) is 11.8 Å². The molecule has 0 spiro atoms. The highest BCUT2D eigenvalue weighted by molar-refractivity contribution is 14.0. The molecule has 0 aliphatic carbocycles. The number of piperazine rings is 1. The fourth-order valence-electron chi connectivity index (χ4n) is 3.34. The van der Waals surface area contributed by atoms with Crippen molar-refractivity contribution in [2.75, 3.05) is 57.8 Å². The third-order valence-corrected chi connectivity index (χ3v) is 6.39. The molecule has 2 heterocycles. The van der Waals surface area contributed by atoms with Gasteiger partial charge in [0.15, 0.2) is 5.96 Å². The van der Waals surface area contributed by atoms with Gasteiger partial charge < -0.3 is 19.9 Å². The number of nitrogens with one attached hydrogen (secondary N) is 2. The molecule has 1 aromatic heterocycles. The quantitative estimate of drug-likeness (QED) is 0.215. The highest BCUT2D eigenvalue weighted by atomic mass is 127. The van der Waals surface area contributed by atoms with Crippen LogP contribution in [0.25, 0.3) is 0 Å². The monoisotopic (exact) mass is 574 g/mol. The van der Waals surface area contributed by atoms with Crippen LogP contribution in [-0.2, 0) is 10.0 Å². The normalized spacial score (nSPS) is 14.6. The van der Waals surface area contributed by atoms with Crippen LogP contribution in [0.1, 0.15) is 6.92 Å². The molecular weight excluding hydrogens is 543 g/mol. The third kappa shape index (κ3) is 7.20. The number of sulfonamides is 1. The summed E-state index contributed by atoms with van der Waals surface area (Å²) < 4.78 is 32.5. The van der Waals surface area contributed by atoms with Crippen molar-refractivity contribution in [3.8, 4) is 5.75 Å². The zero-order chi connectivity index (χ0) is 22.1. The molecule has 32 heavy (non-hydrogen) atoms. The molecule has 0 amide bonds. The Balaban J connectivity index is 0.00000363. The SMILES string of the molecule is CCNC(=NCCNS(=O)(=O)c1cccnc1)N1CCN(c2cccc(OC)c2)CC1.I. The Morgan fingerprint density at radius 1 is 1.19 bits per heavy atom. The predicted molar refractivity (Wildman–Crippen MR) is 138 cm³/mol. The van der Waals surface area contributed by atoms with Crippen LogP contribution in [0, 0.1) is 0 Å². The van der Waals surface area contributed by atoms with Gasteiger partial charge in [-0.3, -0.25) is 9.98 Å². The maximum Gasteiger partial charge on any atom is 0.242 e. The summed E-state index contributed by atoms with van der Waals surface area (Å²) in [6.07, 6.45) is 2.87. The summed E-state index contributed by atoms with van der Waals surface area (Å²) >= 11 is 0. The molecule has 9 nitrogen and oxygen atoms in total. The van der Waals surface area contributed by atoms with Gasteiger partial charge in [-0.15, -0.1) is 24.0 Å². The number of aliphatic imine (C=N–C) groups is 1. The summed E-state index contributed by atoms with van der Waals surface area (Å²) in [4.78, 5) is 13.1. The van der Waals surface area contributed by atoms with Gasteiger partial charge in [0, 0.05) is 63.4 Å². The first kappa shape index (κ1) is 26.1. The first-order valence-electron chi connectivity index (χ1n) is 10.4. The van der Waals surface area contributed by atoms with Crippen molar-refractivity contribution >= 4 is 45.6 Å². The average molecular weight is 574 g/mol. The van der Waals surface area contributed by atoms with Crippen LogP contribution in [0.15, 0.2) is 58.7 Å². The van der Waals surface area contributed by atoms with Gasteiger partial charge >= 0.3 is 0 Å². The van der Waals surface area contributed by atoms with Crippen LogP contribution >= 0.6 is 24.0 Å². The van der Waals surface area contributed by atoms with Crippen LogP contribution in [0.4, 0.5) is 5.69 Å². The van der Waals surface area contributed by atoms with Crippen LogP contribution in [-0.4, -0.2) is 77.2 Å². The van der Waals surface area contributed by atoms with E-state index in [0.717, 1.165) is 50.1 Å². The lowest BCUT2D eigenvalue weighted by Gasteiger charge is -2.37. The van der Waals surface area contributed by atoms with Crippen molar-refractivity contribution < 1.29 is 13.2 Å². The van der Waals surface area contributed by atoms with Crippen molar-refractivity contribution in [1.29, 1.82) is 0 Å². The Labute approximate surface area is 207 Å². The second-order valence-electron chi connectivity index (χ2n) is 7.00. The fourth-order valence-corrected chi connectivity index (χ4v) is 4.32. The minimum atomic E-state index is -3.57. The molecule has 0 atom stereocenters. The van der Waals surface area contributed by atoms with Crippen molar-refractivity contribution in [3.05, 3.63) is 48.8 Å². The van der Waals surface area contributed by atoms with E-state index in [2.05, 4.69) is 35.9 Å². The standard InChI is InChI=1S/C21H30N6O3S.HI/c1-3-23-21(24-10-11-25-31(28,29)20-8-5-9-22-17-20)27-14-12-26(13-15-27)18-6-4-7-19(16-18)30-2;/h4-9,16-17,25H,3,10-15H2,1-2H3,(H,23,24);1H. The van der Waals surface area contributed by atoms with E-state index in [1.165, 1.54) is 12.3 Å². The Morgan fingerprint density at radius 2 is 1.97 bits per heavy atom. The largest absolute Gasteiger partial charge is 0.497 e. The summed E-state index contributed by atoms with van der Waals surface area (Å²) in [6.45, 7) is 6.71. The van der Waals surface area contributed by atoms with Gasteiger partial charge in [0.25, 0.3) is 0 Å². The van der Waals surface area contributed by atoms with E-state index in [0.29, 0.717) is 6.54 Å². The summed E-state index contributed by atoms with van der Waals surface area (Å²) in [5.74, 6) is 1.65. The van der Waals surface area contributed by atoms with E-state index < -0.39 is 10.0 Å². The summed E-state index contributed by atoms with van der Waals surface area (Å²) in [5.41, 5.74) is 1.14. The molecule has 0 bridgehead atoms. The summed E-state index contributed by atoms with van der Waals surface area (Å²) in [5, 5.41) is 3.30. The minimum absolute atomic E-state index is 0. The maximum atomic E-state index is 12.3. The molecule has 0 radical (unpaired) electrons. The zero-order valence-corrected chi connectivity index (χ0v) is 21.5. The van der Waals surface area contributed by atoms with Gasteiger partial charge in [-0.05, 0) is 31.2 Å². The maximum absolute atomic E-state index is 12.3. The second kappa shape index (κ2) is 12.8. The van der Waals surface area contributed by atoms with Gasteiger partial charge in [0.2, 0.25) is 10.0 Å². The second-order valence-corrected chi connectivity index (χ2v) is 8.76.